The molecule has 0 saturated carbocycles. The molecule has 0 aromatic rings. The second kappa shape index (κ2) is 6.47. The number of thioether (sulfide) groups is 1. The van der Waals surface area contributed by atoms with Gasteiger partial charge in [-0.3, -0.25) is 4.79 Å². The van der Waals surface area contributed by atoms with E-state index in [9.17, 15) is 4.79 Å². The van der Waals surface area contributed by atoms with Crippen LogP contribution in [0.4, 0.5) is 0 Å². The monoisotopic (exact) mass is 172 g/mol. The summed E-state index contributed by atoms with van der Waals surface area (Å²) in [5.74, 6) is 1.49. The van der Waals surface area contributed by atoms with Gasteiger partial charge in [-0.05, 0) is 24.2 Å². The fourth-order valence-electron chi connectivity index (χ4n) is 0.695. The van der Waals surface area contributed by atoms with Gasteiger partial charge in [0.05, 0.1) is 0 Å². The molecule has 0 N–H and O–H groups in total. The lowest BCUT2D eigenvalue weighted by molar-refractivity contribution is -0.104. The Morgan fingerprint density at radius 1 is 1.55 bits per heavy atom. The van der Waals surface area contributed by atoms with E-state index in [1.165, 1.54) is 0 Å². The van der Waals surface area contributed by atoms with Gasteiger partial charge in [-0.1, -0.05) is 19.9 Å². The minimum atomic E-state index is 0.645. The minimum absolute atomic E-state index is 0.645. The van der Waals surface area contributed by atoms with Gasteiger partial charge in [-0.15, -0.1) is 0 Å². The van der Waals surface area contributed by atoms with Crippen molar-refractivity contribution in [2.24, 2.45) is 5.92 Å². The molecule has 0 unspecified atom stereocenters. The molecular weight excluding hydrogens is 156 g/mol. The molecule has 0 amide bonds. The number of carbonyl (C=O) groups excluding carboxylic acids is 1. The first-order valence-electron chi connectivity index (χ1n) is 3.83. The molecule has 0 atom stereocenters. The third kappa shape index (κ3) is 6.17. The van der Waals surface area contributed by atoms with E-state index in [1.807, 2.05) is 12.3 Å². The fourth-order valence-corrected chi connectivity index (χ4v) is 1.21. The van der Waals surface area contributed by atoms with Crippen LogP contribution in [0.15, 0.2) is 11.6 Å². The van der Waals surface area contributed by atoms with Crippen molar-refractivity contribution < 1.29 is 4.79 Å². The van der Waals surface area contributed by atoms with E-state index >= 15 is 0 Å². The van der Waals surface area contributed by atoms with Gasteiger partial charge in [0.2, 0.25) is 0 Å². The van der Waals surface area contributed by atoms with Crippen molar-refractivity contribution in [1.82, 2.24) is 0 Å². The van der Waals surface area contributed by atoms with Crippen molar-refractivity contribution in [3.63, 3.8) is 0 Å². The first-order valence-corrected chi connectivity index (χ1v) is 5.23. The minimum Gasteiger partial charge on any atom is -0.298 e. The summed E-state index contributed by atoms with van der Waals surface area (Å²) in [6.45, 7) is 4.30. The summed E-state index contributed by atoms with van der Waals surface area (Å²) >= 11 is 1.69. The van der Waals surface area contributed by atoms with Crippen molar-refractivity contribution >= 4 is 18.0 Å². The van der Waals surface area contributed by atoms with E-state index < -0.39 is 0 Å². The molecule has 0 fully saturated rings. The van der Waals surface area contributed by atoms with Crippen LogP contribution >= 0.6 is 11.8 Å². The maximum Gasteiger partial charge on any atom is 0.146 e. The summed E-state index contributed by atoms with van der Waals surface area (Å²) in [7, 11) is 0. The van der Waals surface area contributed by atoms with E-state index in [0.717, 1.165) is 24.0 Å². The average Bonchev–Trinajstić information content (AvgIpc) is 1.97. The van der Waals surface area contributed by atoms with Gasteiger partial charge in [-0.2, -0.15) is 11.8 Å². The van der Waals surface area contributed by atoms with E-state index in [-0.39, 0.29) is 0 Å². The summed E-state index contributed by atoms with van der Waals surface area (Å²) in [6.07, 6.45) is 6.01. The van der Waals surface area contributed by atoms with Crippen LogP contribution in [-0.4, -0.2) is 18.3 Å². The van der Waals surface area contributed by atoms with Crippen LogP contribution in [0.2, 0.25) is 0 Å². The molecule has 0 radical (unpaired) electrons. The number of rotatable bonds is 5. The summed E-state index contributed by atoms with van der Waals surface area (Å²) in [6, 6.07) is 0. The fraction of sp³-hybridized carbons (Fsp3) is 0.667. The van der Waals surface area contributed by atoms with Gasteiger partial charge in [0.15, 0.2) is 0 Å². The van der Waals surface area contributed by atoms with Gasteiger partial charge in [0.1, 0.15) is 6.29 Å². The smallest absolute Gasteiger partial charge is 0.146 e. The van der Waals surface area contributed by atoms with E-state index in [4.69, 9.17) is 0 Å². The van der Waals surface area contributed by atoms with E-state index in [1.54, 1.807) is 11.8 Å². The Balaban J connectivity index is 3.80. The van der Waals surface area contributed by atoms with Crippen LogP contribution in [0.25, 0.3) is 0 Å². The highest BCUT2D eigenvalue weighted by molar-refractivity contribution is 7.98. The zero-order valence-electron chi connectivity index (χ0n) is 7.46. The standard InChI is InChI=1S/C9H16OS/c1-8(2)4-5-9(6-10)7-11-3/h5-6,8H,4,7H2,1-3H3/b9-5+. The maximum absolute atomic E-state index is 10.4. The highest BCUT2D eigenvalue weighted by atomic mass is 32.2. The molecule has 64 valence electrons. The molecule has 0 aromatic heterocycles. The van der Waals surface area contributed by atoms with Crippen molar-refractivity contribution in [1.29, 1.82) is 0 Å². The normalized spacial score (nSPS) is 12.2. The maximum atomic E-state index is 10.4. The number of aldehydes is 1. The lowest BCUT2D eigenvalue weighted by atomic mass is 10.1. The third-order valence-corrected chi connectivity index (χ3v) is 1.94. The van der Waals surface area contributed by atoms with Crippen LogP contribution < -0.4 is 0 Å². The van der Waals surface area contributed by atoms with Gasteiger partial charge >= 0.3 is 0 Å². The first-order chi connectivity index (χ1) is 5.20. The Kier molecular flexibility index (Phi) is 6.33. The molecule has 0 aliphatic rings. The zero-order chi connectivity index (χ0) is 8.69. The molecule has 0 saturated heterocycles. The number of carbonyl (C=O) groups is 1. The molecule has 11 heavy (non-hydrogen) atoms. The first kappa shape index (κ1) is 10.8. The van der Waals surface area contributed by atoms with Gasteiger partial charge in [0.25, 0.3) is 0 Å². The molecule has 2 heteroatoms. The Labute approximate surface area is 73.3 Å². The third-order valence-electron chi connectivity index (χ3n) is 1.31. The van der Waals surface area contributed by atoms with Gasteiger partial charge in [-0.25, -0.2) is 0 Å². The lowest BCUT2D eigenvalue weighted by Crippen LogP contribution is -1.91. The Hall–Kier alpha value is -0.240. The SMILES string of the molecule is CSC/C(C=O)=C/CC(C)C. The largest absolute Gasteiger partial charge is 0.298 e. The predicted molar refractivity (Wildman–Crippen MR) is 52.0 cm³/mol. The van der Waals surface area contributed by atoms with Gasteiger partial charge in [0, 0.05) is 5.75 Å². The average molecular weight is 172 g/mol. The van der Waals surface area contributed by atoms with Crippen molar-refractivity contribution in [3.8, 4) is 0 Å². The number of allylic oxidation sites excluding steroid dienone is 1. The van der Waals surface area contributed by atoms with Crippen molar-refractivity contribution in [2.45, 2.75) is 20.3 Å². The van der Waals surface area contributed by atoms with Crippen molar-refractivity contribution in [2.75, 3.05) is 12.0 Å². The van der Waals surface area contributed by atoms with Crippen LogP contribution in [-0.2, 0) is 4.79 Å². The Morgan fingerprint density at radius 2 is 2.18 bits per heavy atom. The molecule has 0 aliphatic heterocycles. The van der Waals surface area contributed by atoms with Crippen LogP contribution in [0.1, 0.15) is 20.3 Å². The van der Waals surface area contributed by atoms with E-state index in [2.05, 4.69) is 13.8 Å². The molecule has 0 aliphatic carbocycles. The summed E-state index contributed by atoms with van der Waals surface area (Å²) in [5, 5.41) is 0. The molecule has 0 aromatic carbocycles. The molecule has 1 nitrogen and oxygen atoms in total. The number of hydrogen-bond acceptors (Lipinski definition) is 2. The zero-order valence-corrected chi connectivity index (χ0v) is 8.28. The quantitative estimate of drug-likeness (QED) is 0.468. The molecule has 0 bridgehead atoms. The highest BCUT2D eigenvalue weighted by Gasteiger charge is 1.94. The lowest BCUT2D eigenvalue weighted by Gasteiger charge is -1.99. The second-order valence-corrected chi connectivity index (χ2v) is 3.83. The van der Waals surface area contributed by atoms with E-state index in [0.29, 0.717) is 5.92 Å². The molecule has 0 heterocycles. The van der Waals surface area contributed by atoms with Crippen LogP contribution in [0, 0.1) is 5.92 Å². The molecule has 0 rings (SSSR count). The summed E-state index contributed by atoms with van der Waals surface area (Å²) in [5.41, 5.74) is 0.922. The van der Waals surface area contributed by atoms with Crippen LogP contribution in [0.3, 0.4) is 0 Å². The number of hydrogen-bond donors (Lipinski definition) is 0. The summed E-state index contributed by atoms with van der Waals surface area (Å²) in [4.78, 5) is 10.4. The predicted octanol–water partition coefficient (Wildman–Crippen LogP) is 2.52. The van der Waals surface area contributed by atoms with Crippen molar-refractivity contribution in [3.05, 3.63) is 11.6 Å². The Bertz CT molecular complexity index is 138. The topological polar surface area (TPSA) is 17.1 Å². The van der Waals surface area contributed by atoms with Gasteiger partial charge < -0.3 is 0 Å². The van der Waals surface area contributed by atoms with Crippen LogP contribution in [0.5, 0.6) is 0 Å². The summed E-state index contributed by atoms with van der Waals surface area (Å²) < 4.78 is 0. The molecule has 0 spiro atoms. The highest BCUT2D eigenvalue weighted by Crippen LogP contribution is 2.06. The second-order valence-electron chi connectivity index (χ2n) is 2.96. The molecular formula is C9H16OS. The Morgan fingerprint density at radius 3 is 2.55 bits per heavy atom.